The van der Waals surface area contributed by atoms with E-state index < -0.39 is 47.7 Å². The highest BCUT2D eigenvalue weighted by Gasteiger charge is 2.73. The van der Waals surface area contributed by atoms with Crippen LogP contribution in [0.15, 0.2) is 54.6 Å². The molecule has 0 radical (unpaired) electrons. The van der Waals surface area contributed by atoms with Crippen molar-refractivity contribution < 1.29 is 38.5 Å². The highest BCUT2D eigenvalue weighted by Crippen LogP contribution is 2.56. The van der Waals surface area contributed by atoms with Gasteiger partial charge in [0.05, 0.1) is 24.7 Å². The van der Waals surface area contributed by atoms with Crippen molar-refractivity contribution in [2.45, 2.75) is 81.9 Å². The second-order valence-corrected chi connectivity index (χ2v) is 12.5. The lowest BCUT2D eigenvalue weighted by Gasteiger charge is -2.37. The van der Waals surface area contributed by atoms with Gasteiger partial charge in [-0.05, 0) is 45.1 Å². The van der Waals surface area contributed by atoms with Crippen molar-refractivity contribution in [2.75, 3.05) is 33.4 Å². The number of esters is 1. The third kappa shape index (κ3) is 6.43. The fraction of sp³-hybridized carbons (Fsp3) is 0.588. The van der Waals surface area contributed by atoms with Crippen LogP contribution in [0, 0.1) is 11.8 Å². The summed E-state index contributed by atoms with van der Waals surface area (Å²) in [5.74, 6) is -3.35. The first-order valence-corrected chi connectivity index (χ1v) is 16.0. The maximum atomic E-state index is 14.4. The molecule has 1 aromatic rings. The Hall–Kier alpha value is -3.54. The molecule has 4 aliphatic heterocycles. The molecule has 0 aromatic heterocycles. The molecule has 5 rings (SSSR count). The first-order valence-electron chi connectivity index (χ1n) is 16.0. The Labute approximate surface area is 264 Å². The predicted molar refractivity (Wildman–Crippen MR) is 164 cm³/mol. The standard InChI is InChI=1S/C34H45N3O8/c1-22(2)36-18-10-5-9-15-26(39)35-24(21-43-3)29(23-13-7-4-8-14-23)44-33(42)27-25-16-17-34(45-25)28(27)31(40)37(30(34)32(36)41)19-11-6-12-20-38/h4-5,7-8,10,13-14,16-17,22,24-25,27-30,38H,6,9,11-12,15,18-21H2,1-3H3,(H,35,39)/b10-5-/t24-,25+,27-,28-,29-,30+,34-/m1/s1. The van der Waals surface area contributed by atoms with Gasteiger partial charge in [-0.3, -0.25) is 19.2 Å². The van der Waals surface area contributed by atoms with E-state index in [0.29, 0.717) is 44.3 Å². The van der Waals surface area contributed by atoms with E-state index in [4.69, 9.17) is 14.2 Å². The van der Waals surface area contributed by atoms with E-state index in [-0.39, 0.29) is 43.4 Å². The molecule has 1 aromatic carbocycles. The van der Waals surface area contributed by atoms with E-state index in [2.05, 4.69) is 5.32 Å². The minimum Gasteiger partial charge on any atom is -0.455 e. The molecule has 4 aliphatic rings. The van der Waals surface area contributed by atoms with Crippen LogP contribution in [0.5, 0.6) is 0 Å². The summed E-state index contributed by atoms with van der Waals surface area (Å²) in [5, 5.41) is 12.3. The van der Waals surface area contributed by atoms with Crippen LogP contribution < -0.4 is 5.32 Å². The number of cyclic esters (lactones) is 1. The second kappa shape index (κ2) is 14.3. The number of carbonyl (C=O) groups excluding carboxylic acids is 4. The Kier molecular flexibility index (Phi) is 10.4. The van der Waals surface area contributed by atoms with Gasteiger partial charge in [-0.1, -0.05) is 54.6 Å². The number of aliphatic hydroxyl groups excluding tert-OH is 1. The van der Waals surface area contributed by atoms with Gasteiger partial charge in [0.25, 0.3) is 0 Å². The molecule has 11 heteroatoms. The summed E-state index contributed by atoms with van der Waals surface area (Å²) in [7, 11) is 1.52. The van der Waals surface area contributed by atoms with Gasteiger partial charge in [0.1, 0.15) is 23.7 Å². The zero-order valence-corrected chi connectivity index (χ0v) is 26.3. The lowest BCUT2D eigenvalue weighted by Crippen LogP contribution is -2.57. The van der Waals surface area contributed by atoms with Gasteiger partial charge in [0.2, 0.25) is 17.7 Å². The summed E-state index contributed by atoms with van der Waals surface area (Å²) >= 11 is 0. The molecule has 0 saturated carbocycles. The van der Waals surface area contributed by atoms with Crippen molar-refractivity contribution >= 4 is 23.7 Å². The minimum atomic E-state index is -1.31. The third-order valence-electron chi connectivity index (χ3n) is 9.28. The topological polar surface area (TPSA) is 135 Å². The number of aliphatic hydroxyl groups is 1. The number of likely N-dealkylation sites (tertiary alicyclic amines) is 1. The molecule has 3 amide bonds. The van der Waals surface area contributed by atoms with Crippen molar-refractivity contribution in [3.63, 3.8) is 0 Å². The number of nitrogens with zero attached hydrogens (tertiary/aromatic N) is 2. The van der Waals surface area contributed by atoms with Gasteiger partial charge < -0.3 is 34.4 Å². The minimum absolute atomic E-state index is 0.0465. The quantitative estimate of drug-likeness (QED) is 0.243. The Morgan fingerprint density at radius 3 is 2.56 bits per heavy atom. The second-order valence-electron chi connectivity index (χ2n) is 12.5. The monoisotopic (exact) mass is 623 g/mol. The Morgan fingerprint density at radius 1 is 1.07 bits per heavy atom. The third-order valence-corrected chi connectivity index (χ3v) is 9.28. The molecular weight excluding hydrogens is 578 g/mol. The molecule has 0 aliphatic carbocycles. The molecular formula is C34H45N3O8. The Balaban J connectivity index is 1.57. The lowest BCUT2D eigenvalue weighted by molar-refractivity contribution is -0.162. The molecule has 5 bridgehead atoms. The van der Waals surface area contributed by atoms with Crippen LogP contribution in [0.3, 0.4) is 0 Å². The molecule has 1 spiro atoms. The van der Waals surface area contributed by atoms with Crippen LogP contribution >= 0.6 is 0 Å². The molecule has 45 heavy (non-hydrogen) atoms. The van der Waals surface area contributed by atoms with E-state index in [9.17, 15) is 24.3 Å². The van der Waals surface area contributed by atoms with E-state index >= 15 is 0 Å². The van der Waals surface area contributed by atoms with Gasteiger partial charge in [-0.15, -0.1) is 0 Å². The van der Waals surface area contributed by atoms with E-state index in [1.165, 1.54) is 7.11 Å². The van der Waals surface area contributed by atoms with E-state index in [1.807, 2.05) is 56.3 Å². The molecule has 2 saturated heterocycles. The molecule has 2 N–H and O–H groups in total. The number of benzene rings is 1. The van der Waals surface area contributed by atoms with Crippen LogP contribution in [0.2, 0.25) is 0 Å². The number of fused-ring (bicyclic) bond motifs is 2. The number of ether oxygens (including phenoxy) is 3. The molecule has 11 nitrogen and oxygen atoms in total. The van der Waals surface area contributed by atoms with Crippen LogP contribution in [0.25, 0.3) is 0 Å². The van der Waals surface area contributed by atoms with Crippen LogP contribution in [0.4, 0.5) is 0 Å². The van der Waals surface area contributed by atoms with Gasteiger partial charge in [-0.25, -0.2) is 0 Å². The highest BCUT2D eigenvalue weighted by molar-refractivity contribution is 5.99. The van der Waals surface area contributed by atoms with Crippen LogP contribution in [-0.2, 0) is 33.4 Å². The number of rotatable bonds is 9. The Morgan fingerprint density at radius 2 is 1.84 bits per heavy atom. The SMILES string of the molecule is COC[C@H]1NC(=O)CC/C=C\CN(C(C)C)C(=O)[C@@H]2N(CCCCCO)C(=O)[C@H]3[C@H](C(=O)O[C@@H]1c1ccccc1)[C@@H]1C=C[C@]23O1. The molecule has 4 heterocycles. The van der Waals surface area contributed by atoms with Gasteiger partial charge in [0.15, 0.2) is 0 Å². The molecule has 0 unspecified atom stereocenters. The maximum absolute atomic E-state index is 14.4. The smallest absolute Gasteiger partial charge is 0.313 e. The average molecular weight is 624 g/mol. The maximum Gasteiger partial charge on any atom is 0.313 e. The number of nitrogens with one attached hydrogen (secondary N) is 1. The molecule has 7 atom stereocenters. The fourth-order valence-electron chi connectivity index (χ4n) is 7.15. The summed E-state index contributed by atoms with van der Waals surface area (Å²) in [6, 6.07) is 7.32. The number of carbonyl (C=O) groups is 4. The van der Waals surface area contributed by atoms with Crippen molar-refractivity contribution in [2.24, 2.45) is 11.8 Å². The van der Waals surface area contributed by atoms with Gasteiger partial charge >= 0.3 is 5.97 Å². The first-order chi connectivity index (χ1) is 21.7. The number of hydrogen-bond donors (Lipinski definition) is 2. The van der Waals surface area contributed by atoms with Crippen LogP contribution in [0.1, 0.15) is 57.6 Å². The Bertz CT molecular complexity index is 1300. The summed E-state index contributed by atoms with van der Waals surface area (Å²) in [6.07, 6.45) is 8.20. The summed E-state index contributed by atoms with van der Waals surface area (Å²) < 4.78 is 18.2. The van der Waals surface area contributed by atoms with Crippen LogP contribution in [-0.4, -0.2) is 102 Å². The van der Waals surface area contributed by atoms with Crippen molar-refractivity contribution in [3.05, 3.63) is 60.2 Å². The number of methoxy groups -OCH3 is 1. The van der Waals surface area contributed by atoms with Crippen molar-refractivity contribution in [1.29, 1.82) is 0 Å². The number of unbranched alkanes of at least 4 members (excludes halogenated alkanes) is 2. The van der Waals surface area contributed by atoms with Crippen molar-refractivity contribution in [3.8, 4) is 0 Å². The van der Waals surface area contributed by atoms with Gasteiger partial charge in [-0.2, -0.15) is 0 Å². The normalized spacial score (nSPS) is 32.6. The van der Waals surface area contributed by atoms with Crippen molar-refractivity contribution in [1.82, 2.24) is 15.1 Å². The average Bonchev–Trinajstić information content (AvgIpc) is 3.66. The number of amides is 3. The zero-order valence-electron chi connectivity index (χ0n) is 26.3. The fourth-order valence-corrected chi connectivity index (χ4v) is 7.15. The van der Waals surface area contributed by atoms with E-state index in [1.54, 1.807) is 22.0 Å². The number of allylic oxidation sites excluding steroid dienone is 1. The summed E-state index contributed by atoms with van der Waals surface area (Å²) in [4.78, 5) is 59.3. The zero-order chi connectivity index (χ0) is 32.1. The van der Waals surface area contributed by atoms with Gasteiger partial charge in [0, 0.05) is 39.3 Å². The first kappa shape index (κ1) is 32.8. The summed E-state index contributed by atoms with van der Waals surface area (Å²) in [6.45, 7) is 4.57. The molecule has 2 fully saturated rings. The van der Waals surface area contributed by atoms with E-state index in [0.717, 1.165) is 0 Å². The number of hydrogen-bond acceptors (Lipinski definition) is 8. The molecule has 244 valence electrons. The predicted octanol–water partition coefficient (Wildman–Crippen LogP) is 2.30. The lowest BCUT2D eigenvalue weighted by atomic mass is 9.74. The summed E-state index contributed by atoms with van der Waals surface area (Å²) in [5.41, 5.74) is -0.642. The largest absolute Gasteiger partial charge is 0.455 e. The highest BCUT2D eigenvalue weighted by atomic mass is 16.6.